The maximum absolute atomic E-state index is 13.0. The van der Waals surface area contributed by atoms with Crippen LogP contribution in [-0.2, 0) is 11.3 Å². The van der Waals surface area contributed by atoms with Gasteiger partial charge in [0.15, 0.2) is 0 Å². The molecule has 1 aromatic carbocycles. The zero-order valence-electron chi connectivity index (χ0n) is 13.6. The molecular weight excluding hydrogens is 293 g/mol. The van der Waals surface area contributed by atoms with Crippen LogP contribution in [0.3, 0.4) is 0 Å². The Hall–Kier alpha value is -2.17. The highest BCUT2D eigenvalue weighted by Gasteiger charge is 2.24. The van der Waals surface area contributed by atoms with Gasteiger partial charge in [0.05, 0.1) is 23.6 Å². The largest absolute Gasteiger partial charge is 0.323 e. The predicted molar refractivity (Wildman–Crippen MR) is 87.8 cm³/mol. The summed E-state index contributed by atoms with van der Waals surface area (Å²) in [6, 6.07) is 6.40. The first-order valence-electron chi connectivity index (χ1n) is 8.14. The Morgan fingerprint density at radius 3 is 2.57 bits per heavy atom. The molecule has 0 atom stereocenters. The number of hydrogen-bond donors (Lipinski definition) is 1. The number of nitrogens with one attached hydrogen (secondary N) is 1. The lowest BCUT2D eigenvalue weighted by atomic mass is 10.1. The molecular formula is C18H22FN3O. The minimum absolute atomic E-state index is 0.107. The van der Waals surface area contributed by atoms with Gasteiger partial charge in [0.25, 0.3) is 0 Å². The number of benzene rings is 1. The van der Waals surface area contributed by atoms with Gasteiger partial charge in [-0.3, -0.25) is 9.48 Å². The number of hydrogen-bond acceptors (Lipinski definition) is 2. The summed E-state index contributed by atoms with van der Waals surface area (Å²) in [6.45, 7) is 4.42. The molecule has 3 rings (SSSR count). The molecule has 1 saturated carbocycles. The van der Waals surface area contributed by atoms with E-state index in [2.05, 4.69) is 10.4 Å². The molecule has 0 bridgehead atoms. The van der Waals surface area contributed by atoms with Gasteiger partial charge in [0.2, 0.25) is 5.91 Å². The SMILES string of the molecule is Cc1nn(Cc2ccc(F)cc2)c(C)c1NC(=O)C1CCCC1. The summed E-state index contributed by atoms with van der Waals surface area (Å²) in [6.07, 6.45) is 4.24. The summed E-state index contributed by atoms with van der Waals surface area (Å²) < 4.78 is 14.8. The number of carbonyl (C=O) groups is 1. The summed E-state index contributed by atoms with van der Waals surface area (Å²) in [5.41, 5.74) is 3.53. The lowest BCUT2D eigenvalue weighted by Gasteiger charge is -2.11. The van der Waals surface area contributed by atoms with Crippen molar-refractivity contribution in [2.75, 3.05) is 5.32 Å². The molecule has 5 heteroatoms. The summed E-state index contributed by atoms with van der Waals surface area (Å²) >= 11 is 0. The lowest BCUT2D eigenvalue weighted by molar-refractivity contribution is -0.119. The van der Waals surface area contributed by atoms with Crippen LogP contribution in [0, 0.1) is 25.6 Å². The Balaban J connectivity index is 1.76. The van der Waals surface area contributed by atoms with Crippen LogP contribution in [0.4, 0.5) is 10.1 Å². The van der Waals surface area contributed by atoms with E-state index in [4.69, 9.17) is 0 Å². The van der Waals surface area contributed by atoms with Gasteiger partial charge < -0.3 is 5.32 Å². The fourth-order valence-corrected chi connectivity index (χ4v) is 3.21. The van der Waals surface area contributed by atoms with Gasteiger partial charge in [-0.25, -0.2) is 4.39 Å². The van der Waals surface area contributed by atoms with Crippen LogP contribution in [-0.4, -0.2) is 15.7 Å². The molecule has 1 aliphatic rings. The van der Waals surface area contributed by atoms with Crippen molar-refractivity contribution >= 4 is 11.6 Å². The maximum atomic E-state index is 13.0. The Morgan fingerprint density at radius 2 is 1.91 bits per heavy atom. The number of aromatic nitrogens is 2. The van der Waals surface area contributed by atoms with Crippen molar-refractivity contribution in [3.8, 4) is 0 Å². The predicted octanol–water partition coefficient (Wildman–Crippen LogP) is 3.82. The van der Waals surface area contributed by atoms with Crippen molar-refractivity contribution in [2.24, 2.45) is 5.92 Å². The second kappa shape index (κ2) is 6.52. The van der Waals surface area contributed by atoms with Gasteiger partial charge in [-0.2, -0.15) is 5.10 Å². The molecule has 122 valence electrons. The Kier molecular flexibility index (Phi) is 4.46. The van der Waals surface area contributed by atoms with Gasteiger partial charge >= 0.3 is 0 Å². The van der Waals surface area contributed by atoms with E-state index in [9.17, 15) is 9.18 Å². The molecule has 1 heterocycles. The fourth-order valence-electron chi connectivity index (χ4n) is 3.21. The monoisotopic (exact) mass is 315 g/mol. The number of nitrogens with zero attached hydrogens (tertiary/aromatic N) is 2. The molecule has 0 radical (unpaired) electrons. The number of aryl methyl sites for hydroxylation is 1. The summed E-state index contributed by atoms with van der Waals surface area (Å²) in [4.78, 5) is 12.3. The van der Waals surface area contributed by atoms with Crippen LogP contribution in [0.25, 0.3) is 0 Å². The van der Waals surface area contributed by atoms with E-state index < -0.39 is 0 Å². The molecule has 1 amide bonds. The molecule has 0 spiro atoms. The third-order valence-electron chi connectivity index (χ3n) is 4.60. The molecule has 0 unspecified atom stereocenters. The highest BCUT2D eigenvalue weighted by Crippen LogP contribution is 2.28. The van der Waals surface area contributed by atoms with Gasteiger partial charge in [0.1, 0.15) is 5.82 Å². The van der Waals surface area contributed by atoms with E-state index in [0.717, 1.165) is 48.3 Å². The number of rotatable bonds is 4. The molecule has 4 nitrogen and oxygen atoms in total. The van der Waals surface area contributed by atoms with E-state index in [0.29, 0.717) is 6.54 Å². The van der Waals surface area contributed by atoms with Gasteiger partial charge in [0, 0.05) is 5.92 Å². The van der Waals surface area contributed by atoms with Gasteiger partial charge in [-0.05, 0) is 44.4 Å². The van der Waals surface area contributed by atoms with Gasteiger partial charge in [-0.15, -0.1) is 0 Å². The number of amides is 1. The third kappa shape index (κ3) is 3.44. The lowest BCUT2D eigenvalue weighted by Crippen LogP contribution is -2.21. The standard InChI is InChI=1S/C18H22FN3O/c1-12-17(20-18(23)15-5-3-4-6-15)13(2)22(21-12)11-14-7-9-16(19)10-8-14/h7-10,15H,3-6,11H2,1-2H3,(H,20,23). The van der Waals surface area contributed by atoms with Crippen LogP contribution in [0.15, 0.2) is 24.3 Å². The van der Waals surface area contributed by atoms with E-state index in [1.165, 1.54) is 12.1 Å². The molecule has 0 aliphatic heterocycles. The highest BCUT2D eigenvalue weighted by molar-refractivity contribution is 5.93. The van der Waals surface area contributed by atoms with Crippen molar-refractivity contribution in [3.05, 3.63) is 47.0 Å². The zero-order valence-corrected chi connectivity index (χ0v) is 13.6. The van der Waals surface area contributed by atoms with Crippen LogP contribution < -0.4 is 5.32 Å². The second-order valence-corrected chi connectivity index (χ2v) is 6.30. The summed E-state index contributed by atoms with van der Waals surface area (Å²) in [7, 11) is 0. The van der Waals surface area contributed by atoms with E-state index in [-0.39, 0.29) is 17.6 Å². The minimum atomic E-state index is -0.244. The van der Waals surface area contributed by atoms with Crippen LogP contribution >= 0.6 is 0 Å². The van der Waals surface area contributed by atoms with Crippen LogP contribution in [0.2, 0.25) is 0 Å². The van der Waals surface area contributed by atoms with Crippen LogP contribution in [0.5, 0.6) is 0 Å². The maximum Gasteiger partial charge on any atom is 0.227 e. The van der Waals surface area contributed by atoms with Crippen molar-refractivity contribution in [2.45, 2.75) is 46.1 Å². The molecule has 1 aromatic heterocycles. The minimum Gasteiger partial charge on any atom is -0.323 e. The topological polar surface area (TPSA) is 46.9 Å². The number of carbonyl (C=O) groups excluding carboxylic acids is 1. The Labute approximate surface area is 135 Å². The van der Waals surface area contributed by atoms with Crippen molar-refractivity contribution < 1.29 is 9.18 Å². The van der Waals surface area contributed by atoms with E-state index in [1.54, 1.807) is 12.1 Å². The number of anilines is 1. The van der Waals surface area contributed by atoms with Crippen molar-refractivity contribution in [1.29, 1.82) is 0 Å². The molecule has 23 heavy (non-hydrogen) atoms. The normalized spacial score (nSPS) is 15.1. The molecule has 1 N–H and O–H groups in total. The first-order chi connectivity index (χ1) is 11.0. The highest BCUT2D eigenvalue weighted by atomic mass is 19.1. The first kappa shape index (κ1) is 15.7. The van der Waals surface area contributed by atoms with Crippen LogP contribution in [0.1, 0.15) is 42.6 Å². The van der Waals surface area contributed by atoms with Crippen molar-refractivity contribution in [3.63, 3.8) is 0 Å². The number of halogens is 1. The summed E-state index contributed by atoms with van der Waals surface area (Å²) in [5.74, 6) is -0.00378. The van der Waals surface area contributed by atoms with E-state index >= 15 is 0 Å². The smallest absolute Gasteiger partial charge is 0.227 e. The van der Waals surface area contributed by atoms with Gasteiger partial charge in [-0.1, -0.05) is 25.0 Å². The molecule has 0 saturated heterocycles. The second-order valence-electron chi connectivity index (χ2n) is 6.30. The molecule has 2 aromatic rings. The average Bonchev–Trinajstić information content (AvgIpc) is 3.14. The average molecular weight is 315 g/mol. The Morgan fingerprint density at radius 1 is 1.26 bits per heavy atom. The zero-order chi connectivity index (χ0) is 16.4. The fraction of sp³-hybridized carbons (Fsp3) is 0.444. The molecule has 1 aliphatic carbocycles. The third-order valence-corrected chi connectivity index (χ3v) is 4.60. The Bertz CT molecular complexity index is 700. The quantitative estimate of drug-likeness (QED) is 0.932. The first-order valence-corrected chi connectivity index (χ1v) is 8.14. The van der Waals surface area contributed by atoms with Crippen molar-refractivity contribution in [1.82, 2.24) is 9.78 Å². The summed E-state index contributed by atoms with van der Waals surface area (Å²) in [5, 5.41) is 7.57. The molecule has 1 fully saturated rings. The van der Waals surface area contributed by atoms with E-state index in [1.807, 2.05) is 18.5 Å².